The van der Waals surface area contributed by atoms with Gasteiger partial charge in [-0.2, -0.15) is 14.6 Å². The smallest absolute Gasteiger partial charge is 0.367 e. The lowest BCUT2D eigenvalue weighted by molar-refractivity contribution is -0.140. The van der Waals surface area contributed by atoms with E-state index < -0.39 is 11.8 Å². The quantitative estimate of drug-likeness (QED) is 0.541. The number of ether oxygens (including phenoxy) is 1. The highest BCUT2D eigenvalue weighted by Crippen LogP contribution is 2.05. The zero-order valence-corrected chi connectivity index (χ0v) is 7.61. The third-order valence-electron chi connectivity index (χ3n) is 1.34. The maximum Gasteiger partial charge on any atom is 0.367 e. The lowest BCUT2D eigenvalue weighted by Crippen LogP contribution is -2.04. The third-order valence-corrected chi connectivity index (χ3v) is 1.34. The molecule has 0 aliphatic heterocycles. The predicted molar refractivity (Wildman–Crippen MR) is 47.8 cm³/mol. The number of hydrogen-bond acceptors (Lipinski definition) is 4. The predicted octanol–water partition coefficient (Wildman–Crippen LogP) is 1.35. The van der Waals surface area contributed by atoms with Crippen molar-refractivity contribution in [1.82, 2.24) is 10.2 Å². The van der Waals surface area contributed by atoms with Gasteiger partial charge in [-0.15, -0.1) is 0 Å². The van der Waals surface area contributed by atoms with Crippen molar-refractivity contribution in [1.29, 1.82) is 0 Å². The van der Waals surface area contributed by atoms with Gasteiger partial charge in [0.25, 0.3) is 0 Å². The molecule has 0 spiro atoms. The van der Waals surface area contributed by atoms with Gasteiger partial charge < -0.3 is 4.74 Å². The van der Waals surface area contributed by atoms with Gasteiger partial charge in [0.2, 0.25) is 5.83 Å². The number of halogens is 1. The van der Waals surface area contributed by atoms with E-state index in [-0.39, 0.29) is 12.3 Å². The van der Waals surface area contributed by atoms with E-state index in [1.807, 2.05) is 0 Å². The zero-order valence-electron chi connectivity index (χ0n) is 7.61. The molecule has 0 fully saturated rings. The molecular weight excluding hydrogens is 187 g/mol. The second-order valence-electron chi connectivity index (χ2n) is 2.36. The van der Waals surface area contributed by atoms with E-state index in [0.717, 1.165) is 6.08 Å². The van der Waals surface area contributed by atoms with E-state index in [1.54, 1.807) is 13.0 Å². The number of hydrogen-bond donors (Lipinski definition) is 0. The van der Waals surface area contributed by atoms with Crippen molar-refractivity contribution in [3.05, 3.63) is 29.9 Å². The summed E-state index contributed by atoms with van der Waals surface area (Å²) in [5.41, 5.74) is 0.276. The van der Waals surface area contributed by atoms with Crippen molar-refractivity contribution in [3.8, 4) is 0 Å². The van der Waals surface area contributed by atoms with Crippen LogP contribution in [-0.4, -0.2) is 22.8 Å². The summed E-state index contributed by atoms with van der Waals surface area (Å²) < 4.78 is 17.4. The van der Waals surface area contributed by atoms with E-state index in [0.29, 0.717) is 0 Å². The summed E-state index contributed by atoms with van der Waals surface area (Å²) >= 11 is 0. The van der Waals surface area contributed by atoms with Crippen molar-refractivity contribution in [3.63, 3.8) is 0 Å². The molecule has 1 aromatic rings. The molecule has 74 valence electrons. The minimum atomic E-state index is -0.988. The molecule has 0 atom stereocenters. The van der Waals surface area contributed by atoms with Crippen LogP contribution < -0.4 is 0 Å². The van der Waals surface area contributed by atoms with Gasteiger partial charge in [0.05, 0.1) is 12.3 Å². The molecule has 0 saturated heterocycles. The molecule has 0 aliphatic carbocycles. The molecule has 0 saturated carbocycles. The van der Waals surface area contributed by atoms with Gasteiger partial charge >= 0.3 is 5.97 Å². The van der Waals surface area contributed by atoms with Gasteiger partial charge in [-0.3, -0.25) is 0 Å². The first kappa shape index (κ1) is 10.3. The Kier molecular flexibility index (Phi) is 3.72. The van der Waals surface area contributed by atoms with Crippen LogP contribution in [0.2, 0.25) is 0 Å². The molecule has 0 unspecified atom stereocenters. The largest absolute Gasteiger partial charge is 0.461 e. The second kappa shape index (κ2) is 5.06. The Morgan fingerprint density at radius 1 is 1.71 bits per heavy atom. The van der Waals surface area contributed by atoms with E-state index in [1.165, 1.54) is 12.3 Å². The number of rotatable bonds is 3. The summed E-state index contributed by atoms with van der Waals surface area (Å²) in [4.78, 5) is 10.8. The summed E-state index contributed by atoms with van der Waals surface area (Å²) in [5.74, 6) is -1.97. The van der Waals surface area contributed by atoms with E-state index in [4.69, 9.17) is 0 Å². The van der Waals surface area contributed by atoms with Gasteiger partial charge in [-0.05, 0) is 19.1 Å². The molecule has 0 aliphatic rings. The summed E-state index contributed by atoms with van der Waals surface area (Å²) in [7, 11) is 0. The van der Waals surface area contributed by atoms with Crippen molar-refractivity contribution in [2.24, 2.45) is 0 Å². The minimum absolute atomic E-state index is 0.139. The van der Waals surface area contributed by atoms with Crippen LogP contribution >= 0.6 is 0 Å². The maximum absolute atomic E-state index is 13.0. The second-order valence-corrected chi connectivity index (χ2v) is 2.36. The molecule has 1 rings (SSSR count). The van der Waals surface area contributed by atoms with Crippen LogP contribution in [-0.2, 0) is 9.53 Å². The van der Waals surface area contributed by atoms with Crippen LogP contribution in [0.5, 0.6) is 0 Å². The number of nitrogens with zero attached hydrogens (tertiary/aromatic N) is 2. The Morgan fingerprint density at radius 2 is 2.50 bits per heavy atom. The summed E-state index contributed by atoms with van der Waals surface area (Å²) in [5, 5.41) is 7.12. The molecule has 0 bridgehead atoms. The van der Waals surface area contributed by atoms with E-state index >= 15 is 0 Å². The van der Waals surface area contributed by atoms with Crippen LogP contribution in [0.3, 0.4) is 0 Å². The molecule has 0 aromatic carbocycles. The normalized spacial score (nSPS) is 11.1. The molecule has 4 nitrogen and oxygen atoms in total. The van der Waals surface area contributed by atoms with E-state index in [9.17, 15) is 9.18 Å². The molecule has 0 N–H and O–H groups in total. The van der Waals surface area contributed by atoms with Crippen molar-refractivity contribution < 1.29 is 13.9 Å². The fourth-order valence-corrected chi connectivity index (χ4v) is 0.779. The summed E-state index contributed by atoms with van der Waals surface area (Å²) in [6.45, 7) is 1.74. The van der Waals surface area contributed by atoms with Crippen LogP contribution in [0.25, 0.3) is 6.08 Å². The minimum Gasteiger partial charge on any atom is -0.461 e. The monoisotopic (exact) mass is 196 g/mol. The Morgan fingerprint density at radius 3 is 3.07 bits per heavy atom. The fraction of sp³-hybridized carbons (Fsp3) is 0.222. The Labute approximate surface area is 80.4 Å². The first-order chi connectivity index (χ1) is 6.74. The number of carbonyl (C=O) groups is 1. The van der Waals surface area contributed by atoms with Crippen LogP contribution in [0.1, 0.15) is 12.6 Å². The molecule has 0 amide bonds. The van der Waals surface area contributed by atoms with Crippen LogP contribution in [0.15, 0.2) is 24.2 Å². The highest BCUT2D eigenvalue weighted by Gasteiger charge is 2.09. The Hall–Kier alpha value is -1.78. The third kappa shape index (κ3) is 2.93. The SMILES string of the molecule is CCOC(=O)/C(F)=C\c1cccnn1. The first-order valence-corrected chi connectivity index (χ1v) is 4.06. The lowest BCUT2D eigenvalue weighted by atomic mass is 10.3. The molecule has 0 radical (unpaired) electrons. The molecular formula is C9H9FN2O2. The molecule has 1 aromatic heterocycles. The standard InChI is InChI=1S/C9H9FN2O2/c1-2-14-9(13)8(10)6-7-4-3-5-11-12-7/h3-6H,2H2,1H3/b8-6+. The van der Waals surface area contributed by atoms with Crippen LogP contribution in [0, 0.1) is 0 Å². The average molecular weight is 196 g/mol. The van der Waals surface area contributed by atoms with Crippen molar-refractivity contribution >= 4 is 12.0 Å². The van der Waals surface area contributed by atoms with E-state index in [2.05, 4.69) is 14.9 Å². The van der Waals surface area contributed by atoms with Crippen LogP contribution in [0.4, 0.5) is 4.39 Å². The summed E-state index contributed by atoms with van der Waals surface area (Å²) in [6.07, 6.45) is 2.44. The first-order valence-electron chi connectivity index (χ1n) is 4.06. The Balaban J connectivity index is 2.74. The van der Waals surface area contributed by atoms with Gasteiger partial charge in [0.15, 0.2) is 0 Å². The molecule has 1 heterocycles. The Bertz CT molecular complexity index is 338. The van der Waals surface area contributed by atoms with Gasteiger partial charge in [0, 0.05) is 12.3 Å². The maximum atomic E-state index is 13.0. The molecule has 5 heteroatoms. The summed E-state index contributed by atoms with van der Waals surface area (Å²) in [6, 6.07) is 3.13. The van der Waals surface area contributed by atoms with Crippen molar-refractivity contribution in [2.45, 2.75) is 6.92 Å². The van der Waals surface area contributed by atoms with Gasteiger partial charge in [-0.1, -0.05) is 0 Å². The lowest BCUT2D eigenvalue weighted by Gasteiger charge is -1.97. The number of aromatic nitrogens is 2. The van der Waals surface area contributed by atoms with Crippen molar-refractivity contribution in [2.75, 3.05) is 6.61 Å². The number of esters is 1. The molecule has 14 heavy (non-hydrogen) atoms. The fourth-order valence-electron chi connectivity index (χ4n) is 0.779. The number of carbonyl (C=O) groups excluding carboxylic acids is 1. The average Bonchev–Trinajstić information content (AvgIpc) is 2.19. The highest BCUT2D eigenvalue weighted by atomic mass is 19.1. The van der Waals surface area contributed by atoms with Gasteiger partial charge in [0.1, 0.15) is 0 Å². The van der Waals surface area contributed by atoms with Gasteiger partial charge in [-0.25, -0.2) is 4.79 Å². The topological polar surface area (TPSA) is 52.1 Å². The zero-order chi connectivity index (χ0) is 10.4. The highest BCUT2D eigenvalue weighted by molar-refractivity contribution is 5.90.